The van der Waals surface area contributed by atoms with Crippen LogP contribution in [0.2, 0.25) is 0 Å². The standard InChI is InChI=1S/C24H25N3O2/c1-29-22-16-21(17-25-18-22)24(28)27-14-12-26(13-15-27)23(19-8-4-2-5-9-19)20-10-6-3-7-11-20/h2-11,16-18,23H,12-15H2,1H3. The Kier molecular flexibility index (Phi) is 5.86. The second kappa shape index (κ2) is 8.88. The van der Waals surface area contributed by atoms with Gasteiger partial charge in [-0.3, -0.25) is 14.7 Å². The molecule has 4 rings (SSSR count). The van der Waals surface area contributed by atoms with Crippen LogP contribution < -0.4 is 4.74 Å². The lowest BCUT2D eigenvalue weighted by atomic mass is 9.96. The lowest BCUT2D eigenvalue weighted by Crippen LogP contribution is -2.49. The average Bonchev–Trinajstić information content (AvgIpc) is 2.81. The molecule has 2 aromatic carbocycles. The highest BCUT2D eigenvalue weighted by molar-refractivity contribution is 5.94. The number of carbonyl (C=O) groups excluding carboxylic acids is 1. The van der Waals surface area contributed by atoms with Crippen molar-refractivity contribution in [1.29, 1.82) is 0 Å². The molecular weight excluding hydrogens is 362 g/mol. The number of piperazine rings is 1. The third-order valence-corrected chi connectivity index (χ3v) is 5.39. The monoisotopic (exact) mass is 387 g/mol. The number of pyridine rings is 1. The van der Waals surface area contributed by atoms with Crippen LogP contribution in [0.5, 0.6) is 5.75 Å². The van der Waals surface area contributed by atoms with Crippen LogP contribution in [0.25, 0.3) is 0 Å². The van der Waals surface area contributed by atoms with E-state index in [9.17, 15) is 4.79 Å². The molecular formula is C24H25N3O2. The minimum atomic E-state index is 0.00650. The van der Waals surface area contributed by atoms with Crippen LogP contribution in [0, 0.1) is 0 Å². The number of methoxy groups -OCH3 is 1. The maximum Gasteiger partial charge on any atom is 0.255 e. The zero-order chi connectivity index (χ0) is 20.1. The molecule has 1 amide bonds. The van der Waals surface area contributed by atoms with E-state index in [0.717, 1.165) is 13.1 Å². The molecule has 5 heteroatoms. The van der Waals surface area contributed by atoms with Gasteiger partial charge in [-0.2, -0.15) is 0 Å². The second-order valence-electron chi connectivity index (χ2n) is 7.17. The average molecular weight is 387 g/mol. The Balaban J connectivity index is 1.50. The fourth-order valence-electron chi connectivity index (χ4n) is 3.90. The van der Waals surface area contributed by atoms with E-state index in [2.05, 4.69) is 58.4 Å². The predicted molar refractivity (Wildman–Crippen MR) is 113 cm³/mol. The fourth-order valence-corrected chi connectivity index (χ4v) is 3.90. The van der Waals surface area contributed by atoms with Crippen LogP contribution in [0.3, 0.4) is 0 Å². The third-order valence-electron chi connectivity index (χ3n) is 5.39. The first-order valence-electron chi connectivity index (χ1n) is 9.88. The van der Waals surface area contributed by atoms with Crippen LogP contribution in [0.1, 0.15) is 27.5 Å². The molecule has 0 atom stereocenters. The topological polar surface area (TPSA) is 45.7 Å². The molecule has 1 aliphatic heterocycles. The van der Waals surface area contributed by atoms with E-state index in [4.69, 9.17) is 4.74 Å². The molecule has 5 nitrogen and oxygen atoms in total. The SMILES string of the molecule is COc1cncc(C(=O)N2CCN(C(c3ccccc3)c3ccccc3)CC2)c1. The molecule has 1 aromatic heterocycles. The summed E-state index contributed by atoms with van der Waals surface area (Å²) in [7, 11) is 1.58. The Morgan fingerprint density at radius 1 is 0.897 bits per heavy atom. The Morgan fingerprint density at radius 3 is 2.03 bits per heavy atom. The normalized spacial score (nSPS) is 14.8. The van der Waals surface area contributed by atoms with Gasteiger partial charge in [-0.05, 0) is 17.2 Å². The van der Waals surface area contributed by atoms with Crippen LogP contribution in [-0.2, 0) is 0 Å². The number of ether oxygens (including phenoxy) is 1. The molecule has 0 unspecified atom stereocenters. The first kappa shape index (κ1) is 19.2. The lowest BCUT2D eigenvalue weighted by molar-refractivity contribution is 0.0596. The van der Waals surface area contributed by atoms with Gasteiger partial charge < -0.3 is 9.64 Å². The highest BCUT2D eigenvalue weighted by Crippen LogP contribution is 2.29. The number of aromatic nitrogens is 1. The Morgan fingerprint density at radius 2 is 1.48 bits per heavy atom. The van der Waals surface area contributed by atoms with Crippen molar-refractivity contribution in [3.63, 3.8) is 0 Å². The van der Waals surface area contributed by atoms with Gasteiger partial charge in [-0.25, -0.2) is 0 Å². The van der Waals surface area contributed by atoms with Crippen LogP contribution in [0.4, 0.5) is 0 Å². The van der Waals surface area contributed by atoms with Crippen molar-refractivity contribution in [1.82, 2.24) is 14.8 Å². The zero-order valence-corrected chi connectivity index (χ0v) is 16.6. The van der Waals surface area contributed by atoms with Gasteiger partial charge >= 0.3 is 0 Å². The summed E-state index contributed by atoms with van der Waals surface area (Å²) in [5, 5.41) is 0. The molecule has 1 saturated heterocycles. The van der Waals surface area contributed by atoms with Gasteiger partial charge in [-0.1, -0.05) is 60.7 Å². The summed E-state index contributed by atoms with van der Waals surface area (Å²) in [6, 6.07) is 23.1. The molecule has 0 aliphatic carbocycles. The summed E-state index contributed by atoms with van der Waals surface area (Å²) >= 11 is 0. The minimum Gasteiger partial charge on any atom is -0.495 e. The van der Waals surface area contributed by atoms with Crippen molar-refractivity contribution >= 4 is 5.91 Å². The Labute approximate surface area is 171 Å². The predicted octanol–water partition coefficient (Wildman–Crippen LogP) is 3.64. The third kappa shape index (κ3) is 4.30. The van der Waals surface area contributed by atoms with E-state index in [1.54, 1.807) is 25.6 Å². The highest BCUT2D eigenvalue weighted by atomic mass is 16.5. The van der Waals surface area contributed by atoms with E-state index < -0.39 is 0 Å². The quantitative estimate of drug-likeness (QED) is 0.671. The number of benzene rings is 2. The molecule has 1 aliphatic rings. The number of amides is 1. The molecule has 0 N–H and O–H groups in total. The van der Waals surface area contributed by atoms with Crippen molar-refractivity contribution in [2.75, 3.05) is 33.3 Å². The first-order chi connectivity index (χ1) is 14.3. The van der Waals surface area contributed by atoms with Crippen LogP contribution in [0.15, 0.2) is 79.1 Å². The summed E-state index contributed by atoms with van der Waals surface area (Å²) in [5.74, 6) is 0.606. The van der Waals surface area contributed by atoms with Crippen molar-refractivity contribution in [3.05, 3.63) is 95.8 Å². The minimum absolute atomic E-state index is 0.00650. The molecule has 3 aromatic rings. The molecule has 0 spiro atoms. The smallest absolute Gasteiger partial charge is 0.255 e. The summed E-state index contributed by atoms with van der Waals surface area (Å²) in [4.78, 5) is 21.4. The molecule has 0 radical (unpaired) electrons. The van der Waals surface area contributed by atoms with Gasteiger partial charge in [0.05, 0.1) is 24.9 Å². The van der Waals surface area contributed by atoms with E-state index in [-0.39, 0.29) is 11.9 Å². The van der Waals surface area contributed by atoms with E-state index in [1.165, 1.54) is 11.1 Å². The number of hydrogen-bond donors (Lipinski definition) is 0. The first-order valence-corrected chi connectivity index (χ1v) is 9.88. The Hall–Kier alpha value is -3.18. The number of hydrogen-bond acceptors (Lipinski definition) is 4. The summed E-state index contributed by atoms with van der Waals surface area (Å²) in [6.45, 7) is 3.01. The molecule has 0 bridgehead atoms. The van der Waals surface area contributed by atoms with Gasteiger partial charge in [0.25, 0.3) is 5.91 Å². The molecule has 29 heavy (non-hydrogen) atoms. The zero-order valence-electron chi connectivity index (χ0n) is 16.6. The van der Waals surface area contributed by atoms with E-state index >= 15 is 0 Å². The summed E-state index contributed by atoms with van der Waals surface area (Å²) in [6.07, 6.45) is 3.22. The number of rotatable bonds is 5. The summed E-state index contributed by atoms with van der Waals surface area (Å²) < 4.78 is 5.20. The largest absolute Gasteiger partial charge is 0.495 e. The van der Waals surface area contributed by atoms with Gasteiger partial charge in [0.1, 0.15) is 5.75 Å². The molecule has 2 heterocycles. The number of nitrogens with zero attached hydrogens (tertiary/aromatic N) is 3. The van der Waals surface area contributed by atoms with Crippen molar-refractivity contribution < 1.29 is 9.53 Å². The van der Waals surface area contributed by atoms with Crippen molar-refractivity contribution in [2.24, 2.45) is 0 Å². The van der Waals surface area contributed by atoms with Gasteiger partial charge in [0, 0.05) is 32.4 Å². The number of carbonyl (C=O) groups is 1. The van der Waals surface area contributed by atoms with E-state index in [0.29, 0.717) is 24.4 Å². The van der Waals surface area contributed by atoms with E-state index in [1.807, 2.05) is 17.0 Å². The maximum atomic E-state index is 12.9. The lowest BCUT2D eigenvalue weighted by Gasteiger charge is -2.39. The summed E-state index contributed by atoms with van der Waals surface area (Å²) in [5.41, 5.74) is 3.12. The highest BCUT2D eigenvalue weighted by Gasteiger charge is 2.28. The fraction of sp³-hybridized carbons (Fsp3) is 0.250. The van der Waals surface area contributed by atoms with Gasteiger partial charge in [0.15, 0.2) is 0 Å². The van der Waals surface area contributed by atoms with Crippen molar-refractivity contribution in [3.8, 4) is 5.75 Å². The molecule has 148 valence electrons. The second-order valence-corrected chi connectivity index (χ2v) is 7.17. The van der Waals surface area contributed by atoms with Crippen LogP contribution >= 0.6 is 0 Å². The molecule has 0 saturated carbocycles. The maximum absolute atomic E-state index is 12.9. The van der Waals surface area contributed by atoms with Crippen LogP contribution in [-0.4, -0.2) is 54.0 Å². The van der Waals surface area contributed by atoms with Gasteiger partial charge in [-0.15, -0.1) is 0 Å². The van der Waals surface area contributed by atoms with Gasteiger partial charge in [0.2, 0.25) is 0 Å². The van der Waals surface area contributed by atoms with Crippen molar-refractivity contribution in [2.45, 2.75) is 6.04 Å². The Bertz CT molecular complexity index is 899. The molecule has 1 fully saturated rings.